The van der Waals surface area contributed by atoms with Gasteiger partial charge in [-0.05, 0) is 6.92 Å². The lowest BCUT2D eigenvalue weighted by molar-refractivity contribution is -0.0754. The highest BCUT2D eigenvalue weighted by molar-refractivity contribution is 5.16. The summed E-state index contributed by atoms with van der Waals surface area (Å²) in [6.45, 7) is 2.73. The van der Waals surface area contributed by atoms with E-state index in [9.17, 15) is 0 Å². The van der Waals surface area contributed by atoms with Crippen molar-refractivity contribution in [2.75, 3.05) is 6.61 Å². The summed E-state index contributed by atoms with van der Waals surface area (Å²) in [7, 11) is 0. The van der Waals surface area contributed by atoms with Gasteiger partial charge in [-0.3, -0.25) is 0 Å². The molecule has 0 aliphatic carbocycles. The van der Waals surface area contributed by atoms with Gasteiger partial charge >= 0.3 is 0 Å². The van der Waals surface area contributed by atoms with E-state index in [1.165, 1.54) is 0 Å². The van der Waals surface area contributed by atoms with Crippen LogP contribution in [0.4, 0.5) is 0 Å². The summed E-state index contributed by atoms with van der Waals surface area (Å²) in [5, 5.41) is 0. The van der Waals surface area contributed by atoms with Gasteiger partial charge in [-0.2, -0.15) is 0 Å². The van der Waals surface area contributed by atoms with E-state index in [2.05, 4.69) is 6.92 Å². The summed E-state index contributed by atoms with van der Waals surface area (Å²) >= 11 is 0. The molecule has 0 aromatic heterocycles. The van der Waals surface area contributed by atoms with Gasteiger partial charge in [-0.15, -0.1) is 0 Å². The maximum Gasteiger partial charge on any atom is 0.184 e. The van der Waals surface area contributed by atoms with Gasteiger partial charge in [0.1, 0.15) is 6.10 Å². The number of hydrogen-bond donors (Lipinski definition) is 0. The van der Waals surface area contributed by atoms with Crippen LogP contribution in [-0.4, -0.2) is 24.9 Å². The number of hydrogen-bond acceptors (Lipinski definition) is 3. The van der Waals surface area contributed by atoms with Crippen LogP contribution in [0.5, 0.6) is 0 Å². The normalized spacial score (nSPS) is 38.3. The Hall–Kier alpha value is -0.900. The quantitative estimate of drug-likeness (QED) is 0.726. The van der Waals surface area contributed by atoms with Crippen molar-refractivity contribution in [3.63, 3.8) is 0 Å². The van der Waals surface area contributed by atoms with Crippen molar-refractivity contribution in [2.45, 2.75) is 37.9 Å². The Morgan fingerprint density at radius 2 is 1.81 bits per heavy atom. The predicted octanol–water partition coefficient (Wildman–Crippen LogP) is 2.28. The topological polar surface area (TPSA) is 27.7 Å². The Labute approximate surface area is 95.3 Å². The first-order valence-corrected chi connectivity index (χ1v) is 5.80. The first-order chi connectivity index (χ1) is 7.83. The Bertz CT molecular complexity index is 351. The van der Waals surface area contributed by atoms with Crippen LogP contribution in [0.1, 0.15) is 25.2 Å². The second kappa shape index (κ2) is 4.17. The molecule has 0 spiro atoms. The zero-order valence-electron chi connectivity index (χ0n) is 9.34. The molecule has 1 aromatic rings. The Morgan fingerprint density at radius 3 is 2.62 bits per heavy atom. The van der Waals surface area contributed by atoms with E-state index in [0.29, 0.717) is 6.61 Å². The molecule has 4 atom stereocenters. The van der Waals surface area contributed by atoms with Gasteiger partial charge in [-0.25, -0.2) is 0 Å². The zero-order chi connectivity index (χ0) is 11.0. The molecular weight excluding hydrogens is 204 g/mol. The lowest BCUT2D eigenvalue weighted by Gasteiger charge is -2.27. The number of benzene rings is 1. The first kappa shape index (κ1) is 10.3. The van der Waals surface area contributed by atoms with Crippen LogP contribution in [0.2, 0.25) is 0 Å². The molecule has 0 saturated carbocycles. The van der Waals surface area contributed by atoms with Gasteiger partial charge < -0.3 is 14.2 Å². The molecule has 1 aromatic carbocycles. The summed E-state index contributed by atoms with van der Waals surface area (Å²) in [6.07, 6.45) is 1.27. The highest BCUT2D eigenvalue weighted by Gasteiger charge is 2.40. The molecule has 2 heterocycles. The minimum absolute atomic E-state index is 0.0985. The maximum atomic E-state index is 5.92. The summed E-state index contributed by atoms with van der Waals surface area (Å²) < 4.78 is 17.3. The fourth-order valence-electron chi connectivity index (χ4n) is 2.30. The van der Waals surface area contributed by atoms with Crippen molar-refractivity contribution in [3.05, 3.63) is 35.9 Å². The molecule has 3 rings (SSSR count). The average molecular weight is 220 g/mol. The highest BCUT2D eigenvalue weighted by Crippen LogP contribution is 2.35. The average Bonchev–Trinajstić information content (AvgIpc) is 2.73. The fourth-order valence-corrected chi connectivity index (χ4v) is 2.30. The number of rotatable bonds is 1. The van der Waals surface area contributed by atoms with E-state index in [1.54, 1.807) is 0 Å². The monoisotopic (exact) mass is 220 g/mol. The summed E-state index contributed by atoms with van der Waals surface area (Å²) in [5.74, 6) is 0. The van der Waals surface area contributed by atoms with E-state index in [0.717, 1.165) is 12.0 Å². The summed E-state index contributed by atoms with van der Waals surface area (Å²) in [6, 6.07) is 10.1. The SMILES string of the molecule is CC1CC2OC(c3ccccc3)OC2CO1. The van der Waals surface area contributed by atoms with Crippen molar-refractivity contribution in [3.8, 4) is 0 Å². The van der Waals surface area contributed by atoms with Crippen LogP contribution in [0.15, 0.2) is 30.3 Å². The smallest absolute Gasteiger partial charge is 0.184 e. The van der Waals surface area contributed by atoms with Crippen molar-refractivity contribution in [1.29, 1.82) is 0 Å². The molecule has 0 amide bonds. The molecule has 4 unspecified atom stereocenters. The molecule has 2 aliphatic heterocycles. The van der Waals surface area contributed by atoms with Gasteiger partial charge in [-0.1, -0.05) is 30.3 Å². The largest absolute Gasteiger partial charge is 0.376 e. The second-order valence-electron chi connectivity index (χ2n) is 4.47. The Kier molecular flexibility index (Phi) is 2.67. The van der Waals surface area contributed by atoms with Crippen LogP contribution in [0.25, 0.3) is 0 Å². The van der Waals surface area contributed by atoms with Gasteiger partial charge in [0.25, 0.3) is 0 Å². The molecule has 0 radical (unpaired) electrons. The summed E-state index contributed by atoms with van der Waals surface area (Å²) in [5.41, 5.74) is 1.09. The van der Waals surface area contributed by atoms with Crippen molar-refractivity contribution in [1.82, 2.24) is 0 Å². The third-order valence-electron chi connectivity index (χ3n) is 3.19. The molecule has 0 N–H and O–H groups in total. The van der Waals surface area contributed by atoms with E-state index < -0.39 is 0 Å². The second-order valence-corrected chi connectivity index (χ2v) is 4.47. The van der Waals surface area contributed by atoms with Crippen LogP contribution in [-0.2, 0) is 14.2 Å². The Balaban J connectivity index is 1.73. The molecular formula is C13H16O3. The molecule has 16 heavy (non-hydrogen) atoms. The summed E-state index contributed by atoms with van der Waals surface area (Å²) in [4.78, 5) is 0. The van der Waals surface area contributed by atoms with Gasteiger partial charge in [0.15, 0.2) is 6.29 Å². The van der Waals surface area contributed by atoms with Crippen LogP contribution in [0.3, 0.4) is 0 Å². The molecule has 3 nitrogen and oxygen atoms in total. The fraction of sp³-hybridized carbons (Fsp3) is 0.538. The van der Waals surface area contributed by atoms with Gasteiger partial charge in [0.2, 0.25) is 0 Å². The molecule has 2 saturated heterocycles. The molecule has 0 bridgehead atoms. The zero-order valence-corrected chi connectivity index (χ0v) is 9.34. The van der Waals surface area contributed by atoms with Crippen LogP contribution >= 0.6 is 0 Å². The van der Waals surface area contributed by atoms with Crippen LogP contribution in [0, 0.1) is 0 Å². The highest BCUT2D eigenvalue weighted by atomic mass is 16.7. The lowest BCUT2D eigenvalue weighted by atomic mass is 10.1. The maximum absolute atomic E-state index is 5.92. The van der Waals surface area contributed by atoms with E-state index in [-0.39, 0.29) is 24.6 Å². The lowest BCUT2D eigenvalue weighted by Crippen LogP contribution is -2.37. The first-order valence-electron chi connectivity index (χ1n) is 5.80. The number of ether oxygens (including phenoxy) is 3. The van der Waals surface area contributed by atoms with Crippen molar-refractivity contribution in [2.24, 2.45) is 0 Å². The van der Waals surface area contributed by atoms with Gasteiger partial charge in [0, 0.05) is 12.0 Å². The van der Waals surface area contributed by atoms with E-state index >= 15 is 0 Å². The van der Waals surface area contributed by atoms with E-state index in [1.807, 2.05) is 30.3 Å². The molecule has 2 fully saturated rings. The third kappa shape index (κ3) is 1.86. The van der Waals surface area contributed by atoms with Gasteiger partial charge in [0.05, 0.1) is 18.8 Å². The minimum atomic E-state index is -0.218. The Morgan fingerprint density at radius 1 is 1.06 bits per heavy atom. The van der Waals surface area contributed by atoms with Crippen molar-refractivity contribution >= 4 is 0 Å². The van der Waals surface area contributed by atoms with E-state index in [4.69, 9.17) is 14.2 Å². The molecule has 2 aliphatic rings. The predicted molar refractivity (Wildman–Crippen MR) is 59.0 cm³/mol. The molecule has 86 valence electrons. The standard InChI is InChI=1S/C13H16O3/c1-9-7-11-12(8-14-9)16-13(15-11)10-5-3-2-4-6-10/h2-6,9,11-13H,7-8H2,1H3. The number of fused-ring (bicyclic) bond motifs is 1. The third-order valence-corrected chi connectivity index (χ3v) is 3.19. The molecule has 3 heteroatoms. The van der Waals surface area contributed by atoms with Crippen LogP contribution < -0.4 is 0 Å². The minimum Gasteiger partial charge on any atom is -0.376 e. The van der Waals surface area contributed by atoms with Crippen molar-refractivity contribution < 1.29 is 14.2 Å².